The summed E-state index contributed by atoms with van der Waals surface area (Å²) in [6.07, 6.45) is 2.58. The van der Waals surface area contributed by atoms with E-state index in [1.165, 1.54) is 16.8 Å². The molecular formula is C26H28N6O. The predicted octanol–water partition coefficient (Wildman–Crippen LogP) is 4.39. The third kappa shape index (κ3) is 3.84. The fourth-order valence-corrected chi connectivity index (χ4v) is 4.65. The van der Waals surface area contributed by atoms with Gasteiger partial charge in [-0.2, -0.15) is 5.21 Å². The molecule has 0 amide bonds. The molecule has 1 aliphatic rings. The number of nitrogens with one attached hydrogen (secondary N) is 1. The normalized spacial score (nSPS) is 13.4. The van der Waals surface area contributed by atoms with Crippen LogP contribution < -0.4 is 5.56 Å². The van der Waals surface area contributed by atoms with E-state index in [-0.39, 0.29) is 5.56 Å². The molecule has 0 radical (unpaired) electrons. The van der Waals surface area contributed by atoms with Gasteiger partial charge in [-0.05, 0) is 42.2 Å². The molecule has 33 heavy (non-hydrogen) atoms. The third-order valence-corrected chi connectivity index (χ3v) is 6.59. The van der Waals surface area contributed by atoms with Gasteiger partial charge in [0, 0.05) is 23.2 Å². The second kappa shape index (κ2) is 8.65. The summed E-state index contributed by atoms with van der Waals surface area (Å²) >= 11 is 0. The van der Waals surface area contributed by atoms with Gasteiger partial charge in [-0.3, -0.25) is 9.48 Å². The molecule has 0 atom stereocenters. The number of aromatic nitrogens is 6. The average molecular weight is 441 g/mol. The number of allylic oxidation sites excluding steroid dienone is 2. The lowest BCUT2D eigenvalue weighted by molar-refractivity contribution is 0.448. The van der Waals surface area contributed by atoms with Gasteiger partial charge in [0.1, 0.15) is 0 Å². The zero-order valence-electron chi connectivity index (χ0n) is 19.3. The number of benzene rings is 2. The number of aromatic amines is 1. The van der Waals surface area contributed by atoms with Crippen molar-refractivity contribution in [3.8, 4) is 22.5 Å². The topological polar surface area (TPSA) is 81.4 Å². The Balaban J connectivity index is 1.47. The summed E-state index contributed by atoms with van der Waals surface area (Å²) in [6.45, 7) is 7.97. The van der Waals surface area contributed by atoms with Crippen LogP contribution in [0.1, 0.15) is 44.0 Å². The van der Waals surface area contributed by atoms with E-state index in [4.69, 9.17) is 0 Å². The molecule has 0 bridgehead atoms. The molecule has 2 aromatic heterocycles. The van der Waals surface area contributed by atoms with Crippen molar-refractivity contribution in [2.75, 3.05) is 0 Å². The van der Waals surface area contributed by atoms with Crippen molar-refractivity contribution in [2.24, 2.45) is 0 Å². The van der Waals surface area contributed by atoms with Crippen molar-refractivity contribution >= 4 is 0 Å². The maximum absolute atomic E-state index is 13.3. The van der Waals surface area contributed by atoms with E-state index in [0.717, 1.165) is 47.2 Å². The average Bonchev–Trinajstić information content (AvgIpc) is 3.45. The van der Waals surface area contributed by atoms with E-state index < -0.39 is 0 Å². The molecule has 0 saturated heterocycles. The van der Waals surface area contributed by atoms with E-state index in [1.54, 1.807) is 0 Å². The maximum Gasteiger partial charge on any atom is 0.270 e. The first kappa shape index (κ1) is 21.1. The first-order valence-corrected chi connectivity index (χ1v) is 11.5. The molecule has 0 fully saturated rings. The Kier molecular flexibility index (Phi) is 5.54. The van der Waals surface area contributed by atoms with Crippen LogP contribution in [-0.4, -0.2) is 30.0 Å². The Morgan fingerprint density at radius 2 is 1.64 bits per heavy atom. The summed E-state index contributed by atoms with van der Waals surface area (Å²) in [6, 6.07) is 16.5. The van der Waals surface area contributed by atoms with Gasteiger partial charge < -0.3 is 0 Å². The van der Waals surface area contributed by atoms with E-state index in [1.807, 2.05) is 22.9 Å². The molecule has 0 aliphatic carbocycles. The van der Waals surface area contributed by atoms with E-state index in [9.17, 15) is 4.79 Å². The summed E-state index contributed by atoms with van der Waals surface area (Å²) in [5, 5.41) is 14.5. The molecule has 0 spiro atoms. The number of rotatable bonds is 6. The van der Waals surface area contributed by atoms with Gasteiger partial charge in [-0.1, -0.05) is 73.0 Å². The standard InChI is InChI=1S/C26H28N6O/c1-4-7-24-23(26(33)32-16-18(3)17(2)15-31(24)32)14-19-10-12-20(13-11-19)21-8-5-6-9-22(21)25-27-29-30-28-25/h5-6,8-13H,4,7,14-16H2,1-3H3,(H,27,28,29,30). The summed E-state index contributed by atoms with van der Waals surface area (Å²) in [5.41, 5.74) is 9.11. The van der Waals surface area contributed by atoms with Crippen LogP contribution in [0.25, 0.3) is 22.5 Å². The number of nitrogens with zero attached hydrogens (tertiary/aromatic N) is 5. The smallest absolute Gasteiger partial charge is 0.270 e. The summed E-state index contributed by atoms with van der Waals surface area (Å²) in [5.74, 6) is 0.575. The lowest BCUT2D eigenvalue weighted by Gasteiger charge is -2.22. The fourth-order valence-electron chi connectivity index (χ4n) is 4.65. The van der Waals surface area contributed by atoms with Crippen LogP contribution in [0.2, 0.25) is 0 Å². The third-order valence-electron chi connectivity index (χ3n) is 6.59. The highest BCUT2D eigenvalue weighted by Crippen LogP contribution is 2.30. The van der Waals surface area contributed by atoms with Crippen molar-refractivity contribution in [1.29, 1.82) is 0 Å². The number of hydrogen-bond donors (Lipinski definition) is 1. The summed E-state index contributed by atoms with van der Waals surface area (Å²) < 4.78 is 4.14. The van der Waals surface area contributed by atoms with Crippen LogP contribution in [-0.2, 0) is 25.9 Å². The molecule has 7 nitrogen and oxygen atoms in total. The minimum atomic E-state index is 0.150. The number of H-pyrrole nitrogens is 1. The van der Waals surface area contributed by atoms with Crippen molar-refractivity contribution in [2.45, 2.75) is 53.1 Å². The molecule has 5 rings (SSSR count). The molecule has 3 heterocycles. The van der Waals surface area contributed by atoms with Crippen molar-refractivity contribution < 1.29 is 0 Å². The summed E-state index contributed by atoms with van der Waals surface area (Å²) in [7, 11) is 0. The van der Waals surface area contributed by atoms with Gasteiger partial charge in [-0.15, -0.1) is 10.2 Å². The molecule has 4 aromatic rings. The SMILES string of the molecule is CCCc1c(Cc2ccc(-c3ccccc3-c3nn[nH]n3)cc2)c(=O)n2n1CC(C)=C(C)C2. The minimum absolute atomic E-state index is 0.150. The quantitative estimate of drug-likeness (QED) is 0.451. The predicted molar refractivity (Wildman–Crippen MR) is 129 cm³/mol. The Labute approximate surface area is 192 Å². The van der Waals surface area contributed by atoms with Crippen LogP contribution in [0.3, 0.4) is 0 Å². The van der Waals surface area contributed by atoms with Gasteiger partial charge >= 0.3 is 0 Å². The second-order valence-corrected chi connectivity index (χ2v) is 8.81. The van der Waals surface area contributed by atoms with Crippen molar-refractivity contribution in [1.82, 2.24) is 30.0 Å². The molecule has 1 aliphatic heterocycles. The van der Waals surface area contributed by atoms with Crippen molar-refractivity contribution in [3.63, 3.8) is 0 Å². The van der Waals surface area contributed by atoms with Crippen LogP contribution in [0.15, 0.2) is 64.5 Å². The molecular weight excluding hydrogens is 412 g/mol. The van der Waals surface area contributed by atoms with Crippen LogP contribution in [0.4, 0.5) is 0 Å². The minimum Gasteiger partial charge on any atom is -0.282 e. The van der Waals surface area contributed by atoms with Gasteiger partial charge in [0.2, 0.25) is 5.82 Å². The second-order valence-electron chi connectivity index (χ2n) is 8.81. The monoisotopic (exact) mass is 440 g/mol. The Morgan fingerprint density at radius 1 is 0.939 bits per heavy atom. The van der Waals surface area contributed by atoms with E-state index in [0.29, 0.717) is 18.8 Å². The highest BCUT2D eigenvalue weighted by Gasteiger charge is 2.23. The Bertz CT molecular complexity index is 1370. The maximum atomic E-state index is 13.3. The van der Waals surface area contributed by atoms with Gasteiger partial charge in [0.05, 0.1) is 13.1 Å². The molecule has 168 valence electrons. The van der Waals surface area contributed by atoms with Crippen molar-refractivity contribution in [3.05, 3.63) is 86.9 Å². The van der Waals surface area contributed by atoms with E-state index in [2.05, 4.69) is 76.4 Å². The first-order valence-electron chi connectivity index (χ1n) is 11.5. The number of fused-ring (bicyclic) bond motifs is 1. The summed E-state index contributed by atoms with van der Waals surface area (Å²) in [4.78, 5) is 13.3. The zero-order chi connectivity index (χ0) is 22.9. The molecule has 7 heteroatoms. The fraction of sp³-hybridized carbons (Fsp3) is 0.308. The zero-order valence-corrected chi connectivity index (χ0v) is 19.3. The largest absolute Gasteiger partial charge is 0.282 e. The van der Waals surface area contributed by atoms with Gasteiger partial charge in [0.25, 0.3) is 5.56 Å². The molecule has 1 N–H and O–H groups in total. The number of hydrogen-bond acceptors (Lipinski definition) is 4. The van der Waals surface area contributed by atoms with Crippen LogP contribution in [0, 0.1) is 0 Å². The lowest BCUT2D eigenvalue weighted by Crippen LogP contribution is -2.29. The molecule has 2 aromatic carbocycles. The first-order chi connectivity index (χ1) is 16.1. The van der Waals surface area contributed by atoms with E-state index >= 15 is 0 Å². The lowest BCUT2D eigenvalue weighted by atomic mass is 9.96. The van der Waals surface area contributed by atoms with Gasteiger partial charge in [0.15, 0.2) is 0 Å². The number of tetrazole rings is 1. The van der Waals surface area contributed by atoms with Gasteiger partial charge in [-0.25, -0.2) is 4.68 Å². The highest BCUT2D eigenvalue weighted by molar-refractivity contribution is 5.80. The van der Waals surface area contributed by atoms with Crippen LogP contribution >= 0.6 is 0 Å². The Morgan fingerprint density at radius 3 is 2.30 bits per heavy atom. The molecule has 0 unspecified atom stereocenters. The van der Waals surface area contributed by atoms with Crippen LogP contribution in [0.5, 0.6) is 0 Å². The highest BCUT2D eigenvalue weighted by atomic mass is 16.1. The molecule has 0 saturated carbocycles. The Hall–Kier alpha value is -3.74.